The normalized spacial score (nSPS) is 14.9. The van der Waals surface area contributed by atoms with Crippen LogP contribution in [0.1, 0.15) is 54.4 Å². The van der Waals surface area contributed by atoms with Gasteiger partial charge in [-0.25, -0.2) is 4.79 Å². The van der Waals surface area contributed by atoms with E-state index in [0.29, 0.717) is 17.8 Å². The fraction of sp³-hybridized carbons (Fsp3) is 0.391. The molecular formula is C23H30N4O2. The molecule has 154 valence electrons. The first-order valence-corrected chi connectivity index (χ1v) is 10.4. The van der Waals surface area contributed by atoms with E-state index in [2.05, 4.69) is 34.6 Å². The Labute approximate surface area is 172 Å². The van der Waals surface area contributed by atoms with E-state index in [4.69, 9.17) is 5.73 Å². The van der Waals surface area contributed by atoms with Crippen LogP contribution in [-0.2, 0) is 0 Å². The van der Waals surface area contributed by atoms with E-state index in [9.17, 15) is 9.59 Å². The summed E-state index contributed by atoms with van der Waals surface area (Å²) in [6, 6.07) is 15.2. The molecule has 0 aliphatic carbocycles. The molecule has 3 amide bonds. The highest BCUT2D eigenvalue weighted by Gasteiger charge is 2.18. The van der Waals surface area contributed by atoms with Gasteiger partial charge in [0.2, 0.25) is 5.91 Å². The summed E-state index contributed by atoms with van der Waals surface area (Å²) in [5.74, 6) is -0.255. The predicted octanol–water partition coefficient (Wildman–Crippen LogP) is 4.09. The highest BCUT2D eigenvalue weighted by atomic mass is 16.2. The van der Waals surface area contributed by atoms with Crippen LogP contribution in [0.2, 0.25) is 0 Å². The number of piperidine rings is 1. The van der Waals surface area contributed by atoms with Crippen molar-refractivity contribution in [3.05, 3.63) is 59.7 Å². The molecule has 3 rings (SSSR count). The van der Waals surface area contributed by atoms with Crippen LogP contribution in [0.5, 0.6) is 0 Å². The van der Waals surface area contributed by atoms with E-state index in [-0.39, 0.29) is 11.9 Å². The largest absolute Gasteiger partial charge is 0.370 e. The van der Waals surface area contributed by atoms with Gasteiger partial charge in [-0.05, 0) is 49.4 Å². The van der Waals surface area contributed by atoms with E-state index in [0.717, 1.165) is 38.0 Å². The number of hydrogen-bond donors (Lipinski definition) is 3. The van der Waals surface area contributed by atoms with Crippen LogP contribution in [0.3, 0.4) is 0 Å². The van der Waals surface area contributed by atoms with Crippen LogP contribution >= 0.6 is 0 Å². The van der Waals surface area contributed by atoms with Crippen molar-refractivity contribution in [1.29, 1.82) is 0 Å². The number of carbonyl (C=O) groups is 2. The summed E-state index contributed by atoms with van der Waals surface area (Å²) in [5.41, 5.74) is 8.59. The van der Waals surface area contributed by atoms with Crippen molar-refractivity contribution < 1.29 is 9.59 Å². The van der Waals surface area contributed by atoms with Crippen molar-refractivity contribution in [2.45, 2.75) is 38.5 Å². The van der Waals surface area contributed by atoms with E-state index in [1.807, 2.05) is 24.3 Å². The molecule has 1 atom stereocenters. The molecule has 0 radical (unpaired) electrons. The molecule has 4 N–H and O–H groups in total. The topological polar surface area (TPSA) is 87.5 Å². The molecule has 1 saturated heterocycles. The first-order chi connectivity index (χ1) is 14.1. The monoisotopic (exact) mass is 394 g/mol. The molecule has 6 nitrogen and oxygen atoms in total. The van der Waals surface area contributed by atoms with Crippen molar-refractivity contribution in [3.63, 3.8) is 0 Å². The van der Waals surface area contributed by atoms with Crippen LogP contribution in [0, 0.1) is 0 Å². The third kappa shape index (κ3) is 5.50. The van der Waals surface area contributed by atoms with Crippen molar-refractivity contribution in [2.24, 2.45) is 5.73 Å². The van der Waals surface area contributed by atoms with Gasteiger partial charge in [0.25, 0.3) is 0 Å². The fourth-order valence-electron chi connectivity index (χ4n) is 3.81. The van der Waals surface area contributed by atoms with E-state index in [1.165, 1.54) is 12.0 Å². The number of hydrogen-bond acceptors (Lipinski definition) is 3. The van der Waals surface area contributed by atoms with E-state index >= 15 is 0 Å². The molecule has 2 aromatic carbocycles. The molecule has 6 heteroatoms. The maximum atomic E-state index is 12.6. The van der Waals surface area contributed by atoms with Crippen molar-refractivity contribution in [3.8, 4) is 0 Å². The van der Waals surface area contributed by atoms with Crippen LogP contribution < -0.4 is 21.3 Å². The maximum Gasteiger partial charge on any atom is 0.319 e. The first-order valence-electron chi connectivity index (χ1n) is 10.4. The van der Waals surface area contributed by atoms with Gasteiger partial charge in [0.05, 0.1) is 11.4 Å². The molecule has 1 aliphatic rings. The molecule has 29 heavy (non-hydrogen) atoms. The molecule has 1 fully saturated rings. The Hall–Kier alpha value is -3.02. The van der Waals surface area contributed by atoms with Crippen molar-refractivity contribution in [1.82, 2.24) is 5.32 Å². The Kier molecular flexibility index (Phi) is 7.11. The van der Waals surface area contributed by atoms with Gasteiger partial charge in [-0.15, -0.1) is 0 Å². The maximum absolute atomic E-state index is 12.6. The third-order valence-corrected chi connectivity index (χ3v) is 5.50. The molecule has 0 aromatic heterocycles. The fourth-order valence-corrected chi connectivity index (χ4v) is 3.81. The lowest BCUT2D eigenvalue weighted by atomic mass is 9.97. The molecule has 0 spiro atoms. The zero-order valence-corrected chi connectivity index (χ0v) is 17.0. The lowest BCUT2D eigenvalue weighted by Crippen LogP contribution is -2.34. The Morgan fingerprint density at radius 2 is 1.79 bits per heavy atom. The summed E-state index contributed by atoms with van der Waals surface area (Å²) in [6.45, 7) is 4.54. The summed E-state index contributed by atoms with van der Waals surface area (Å²) in [7, 11) is 0. The Balaban J connectivity index is 1.70. The standard InChI is InChI=1S/C23H30N4O2/c1-2-17(18-9-5-3-6-10-18)16-25-23(29)26-20-15-19(22(24)28)11-12-21(20)27-13-7-4-8-14-27/h3,5-6,9-12,15,17H,2,4,7-8,13-14,16H2,1H3,(H2,24,28)(H2,25,26,29). The molecule has 2 aromatic rings. The van der Waals surface area contributed by atoms with Crippen LogP contribution in [0.4, 0.5) is 16.2 Å². The Bertz CT molecular complexity index is 832. The van der Waals surface area contributed by atoms with E-state index in [1.54, 1.807) is 12.1 Å². The van der Waals surface area contributed by atoms with Crippen LogP contribution in [0.25, 0.3) is 0 Å². The molecular weight excluding hydrogens is 364 g/mol. The number of urea groups is 1. The van der Waals surface area contributed by atoms with Crippen LogP contribution in [-0.4, -0.2) is 31.6 Å². The van der Waals surface area contributed by atoms with Crippen molar-refractivity contribution >= 4 is 23.3 Å². The van der Waals surface area contributed by atoms with Gasteiger partial charge in [0, 0.05) is 31.1 Å². The number of anilines is 2. The van der Waals surface area contributed by atoms with Crippen molar-refractivity contribution in [2.75, 3.05) is 29.9 Å². The lowest BCUT2D eigenvalue weighted by Gasteiger charge is -2.30. The second-order valence-electron chi connectivity index (χ2n) is 7.49. The second-order valence-corrected chi connectivity index (χ2v) is 7.49. The minimum atomic E-state index is -0.506. The summed E-state index contributed by atoms with van der Waals surface area (Å²) in [4.78, 5) is 26.5. The number of rotatable bonds is 7. The molecule has 0 saturated carbocycles. The first kappa shape index (κ1) is 20.7. The molecule has 0 bridgehead atoms. The SMILES string of the molecule is CCC(CNC(=O)Nc1cc(C(N)=O)ccc1N1CCCCC1)c1ccccc1. The summed E-state index contributed by atoms with van der Waals surface area (Å²) < 4.78 is 0. The zero-order valence-electron chi connectivity index (χ0n) is 17.0. The lowest BCUT2D eigenvalue weighted by molar-refractivity contribution is 0.100. The summed E-state index contributed by atoms with van der Waals surface area (Å²) >= 11 is 0. The zero-order chi connectivity index (χ0) is 20.6. The van der Waals surface area contributed by atoms with Gasteiger partial charge >= 0.3 is 6.03 Å². The predicted molar refractivity (Wildman–Crippen MR) is 118 cm³/mol. The number of primary amides is 1. The van der Waals surface area contributed by atoms with Gasteiger partial charge in [0.15, 0.2) is 0 Å². The molecule has 1 unspecified atom stereocenters. The highest BCUT2D eigenvalue weighted by Crippen LogP contribution is 2.29. The van der Waals surface area contributed by atoms with Crippen LogP contribution in [0.15, 0.2) is 48.5 Å². The number of benzene rings is 2. The number of nitrogens with one attached hydrogen (secondary N) is 2. The molecule has 1 aliphatic heterocycles. The molecule has 1 heterocycles. The third-order valence-electron chi connectivity index (χ3n) is 5.50. The van der Waals surface area contributed by atoms with Gasteiger partial charge in [-0.3, -0.25) is 4.79 Å². The minimum absolute atomic E-state index is 0.250. The quantitative estimate of drug-likeness (QED) is 0.661. The Morgan fingerprint density at radius 3 is 2.45 bits per heavy atom. The van der Waals surface area contributed by atoms with E-state index < -0.39 is 5.91 Å². The minimum Gasteiger partial charge on any atom is -0.370 e. The highest BCUT2D eigenvalue weighted by molar-refractivity contribution is 5.98. The number of nitrogens with two attached hydrogens (primary N) is 1. The average molecular weight is 395 g/mol. The second kappa shape index (κ2) is 9.96. The number of amides is 3. The Morgan fingerprint density at radius 1 is 1.07 bits per heavy atom. The summed E-state index contributed by atoms with van der Waals surface area (Å²) in [5, 5.41) is 5.91. The number of nitrogens with zero attached hydrogens (tertiary/aromatic N) is 1. The van der Waals surface area contributed by atoms with Gasteiger partial charge in [-0.2, -0.15) is 0 Å². The number of carbonyl (C=O) groups excluding carboxylic acids is 2. The smallest absolute Gasteiger partial charge is 0.319 e. The average Bonchev–Trinajstić information content (AvgIpc) is 2.75. The van der Waals surface area contributed by atoms with Gasteiger partial charge in [-0.1, -0.05) is 37.3 Å². The van der Waals surface area contributed by atoms with Gasteiger partial charge < -0.3 is 21.3 Å². The van der Waals surface area contributed by atoms with Gasteiger partial charge in [0.1, 0.15) is 0 Å². The summed E-state index contributed by atoms with van der Waals surface area (Å²) in [6.07, 6.45) is 4.40.